The molecule has 0 radical (unpaired) electrons. The molecule has 1 aliphatic carbocycles. The van der Waals surface area contributed by atoms with E-state index in [4.69, 9.17) is 5.84 Å². The monoisotopic (exact) mass is 386 g/mol. The first kappa shape index (κ1) is 18.2. The Morgan fingerprint density at radius 1 is 1.19 bits per heavy atom. The van der Waals surface area contributed by atoms with E-state index in [1.165, 1.54) is 41.4 Å². The smallest absolute Gasteiger partial charge is 0.237 e. The van der Waals surface area contributed by atoms with Gasteiger partial charge in [0.1, 0.15) is 0 Å². The molecule has 1 saturated heterocycles. The number of carbonyl (C=O) groups is 1. The third-order valence-corrected chi connectivity index (χ3v) is 6.20. The van der Waals surface area contributed by atoms with Gasteiger partial charge in [-0.3, -0.25) is 4.79 Å². The summed E-state index contributed by atoms with van der Waals surface area (Å²) in [6.07, 6.45) is 6.05. The maximum Gasteiger partial charge on any atom is 0.237 e. The van der Waals surface area contributed by atoms with Crippen LogP contribution in [0.4, 0.5) is 11.4 Å². The average Bonchev–Trinajstić information content (AvgIpc) is 3.47. The summed E-state index contributed by atoms with van der Waals surface area (Å²) in [5, 5.41) is 11.5. The first-order valence-electron chi connectivity index (χ1n) is 9.65. The molecule has 8 heteroatoms. The normalized spacial score (nSPS) is 18.3. The molecule has 2 aliphatic rings. The topological polar surface area (TPSA) is 89.1 Å². The zero-order chi connectivity index (χ0) is 18.8. The Balaban J connectivity index is 1.34. The lowest BCUT2D eigenvalue weighted by Crippen LogP contribution is -2.29. The van der Waals surface area contributed by atoms with Crippen LogP contribution in [-0.2, 0) is 4.79 Å². The second-order valence-electron chi connectivity index (χ2n) is 7.33. The number of thioether (sulfide) groups is 1. The Bertz CT molecular complexity index is 795. The maximum atomic E-state index is 12.5. The minimum atomic E-state index is -0.315. The van der Waals surface area contributed by atoms with Crippen molar-refractivity contribution in [2.24, 2.45) is 0 Å². The minimum Gasteiger partial charge on any atom is -0.372 e. The lowest BCUT2D eigenvalue weighted by molar-refractivity contribution is -0.115. The van der Waals surface area contributed by atoms with E-state index in [-0.39, 0.29) is 11.2 Å². The number of nitrogens with zero attached hydrogens (tertiary/aromatic N) is 4. The fraction of sp³-hybridized carbons (Fsp3) is 0.526. The van der Waals surface area contributed by atoms with Crippen LogP contribution in [0.15, 0.2) is 29.4 Å². The predicted molar refractivity (Wildman–Crippen MR) is 109 cm³/mol. The highest BCUT2D eigenvalue weighted by Crippen LogP contribution is 2.39. The molecule has 2 heterocycles. The predicted octanol–water partition coefficient (Wildman–Crippen LogP) is 2.98. The number of hydrogen-bond acceptors (Lipinski definition) is 6. The number of piperidine rings is 1. The van der Waals surface area contributed by atoms with E-state index in [1.54, 1.807) is 0 Å². The zero-order valence-corrected chi connectivity index (χ0v) is 16.4. The van der Waals surface area contributed by atoms with Gasteiger partial charge in [-0.05, 0) is 63.3 Å². The molecule has 27 heavy (non-hydrogen) atoms. The Hall–Kier alpha value is -2.22. The average molecular weight is 387 g/mol. The summed E-state index contributed by atoms with van der Waals surface area (Å²) in [7, 11) is 0. The van der Waals surface area contributed by atoms with Crippen LogP contribution in [-0.4, -0.2) is 39.1 Å². The van der Waals surface area contributed by atoms with Crippen molar-refractivity contribution in [3.63, 3.8) is 0 Å². The van der Waals surface area contributed by atoms with Crippen LogP contribution < -0.4 is 16.1 Å². The van der Waals surface area contributed by atoms with Crippen LogP contribution in [0.2, 0.25) is 0 Å². The standard InChI is InChI=1S/C19H26N6OS/c1-13(27-19-23-22-17(25(19)20)14-5-6-14)18(26)21-15-7-9-16(10-8-15)24-11-3-2-4-12-24/h7-10,13-14H,2-6,11-12,20H2,1H3,(H,21,26). The van der Waals surface area contributed by atoms with E-state index in [2.05, 4.69) is 32.5 Å². The molecule has 2 aromatic rings. The Morgan fingerprint density at radius 2 is 1.89 bits per heavy atom. The quantitative estimate of drug-likeness (QED) is 0.586. The van der Waals surface area contributed by atoms with Crippen LogP contribution in [0.1, 0.15) is 50.8 Å². The van der Waals surface area contributed by atoms with Gasteiger partial charge in [-0.25, -0.2) is 4.68 Å². The van der Waals surface area contributed by atoms with Gasteiger partial charge in [0, 0.05) is 30.4 Å². The molecule has 7 nitrogen and oxygen atoms in total. The molecule has 1 aromatic carbocycles. The highest BCUT2D eigenvalue weighted by atomic mass is 32.2. The van der Waals surface area contributed by atoms with Crippen LogP contribution >= 0.6 is 11.8 Å². The number of benzene rings is 1. The highest BCUT2D eigenvalue weighted by molar-refractivity contribution is 8.00. The molecule has 1 unspecified atom stereocenters. The van der Waals surface area contributed by atoms with Gasteiger partial charge in [0.15, 0.2) is 5.82 Å². The van der Waals surface area contributed by atoms with Crippen molar-refractivity contribution < 1.29 is 4.79 Å². The summed E-state index contributed by atoms with van der Waals surface area (Å²) >= 11 is 1.33. The number of amides is 1. The molecule has 0 spiro atoms. The third-order valence-electron chi connectivity index (χ3n) is 5.14. The zero-order valence-electron chi connectivity index (χ0n) is 15.6. The fourth-order valence-corrected chi connectivity index (χ4v) is 4.13. The summed E-state index contributed by atoms with van der Waals surface area (Å²) in [6, 6.07) is 8.10. The maximum absolute atomic E-state index is 12.5. The van der Waals surface area contributed by atoms with Gasteiger partial charge < -0.3 is 16.1 Å². The lowest BCUT2D eigenvalue weighted by atomic mass is 10.1. The van der Waals surface area contributed by atoms with Crippen LogP contribution in [0.25, 0.3) is 0 Å². The SMILES string of the molecule is CC(Sc1nnc(C2CC2)n1N)C(=O)Nc1ccc(N2CCCCC2)cc1. The summed E-state index contributed by atoms with van der Waals surface area (Å²) in [5.74, 6) is 7.25. The van der Waals surface area contributed by atoms with E-state index in [0.29, 0.717) is 11.1 Å². The van der Waals surface area contributed by atoms with E-state index >= 15 is 0 Å². The Labute approximate surface area is 163 Å². The van der Waals surface area contributed by atoms with Gasteiger partial charge in [0.25, 0.3) is 0 Å². The molecular weight excluding hydrogens is 360 g/mol. The molecule has 1 amide bonds. The number of carbonyl (C=O) groups excluding carboxylic acids is 1. The number of nitrogens with two attached hydrogens (primary N) is 1. The number of hydrogen-bond donors (Lipinski definition) is 2. The van der Waals surface area contributed by atoms with Gasteiger partial charge in [-0.1, -0.05) is 11.8 Å². The summed E-state index contributed by atoms with van der Waals surface area (Å²) < 4.78 is 1.53. The second-order valence-corrected chi connectivity index (χ2v) is 8.64. The molecule has 1 aliphatic heterocycles. The molecule has 3 N–H and O–H groups in total. The highest BCUT2D eigenvalue weighted by Gasteiger charge is 2.30. The van der Waals surface area contributed by atoms with Crippen molar-refractivity contribution in [1.82, 2.24) is 14.9 Å². The Kier molecular flexibility index (Phi) is 5.24. The molecule has 1 atom stereocenters. The third kappa shape index (κ3) is 4.21. The Morgan fingerprint density at radius 3 is 2.56 bits per heavy atom. The molecule has 0 bridgehead atoms. The van der Waals surface area contributed by atoms with Gasteiger partial charge in [0.05, 0.1) is 5.25 Å². The van der Waals surface area contributed by atoms with E-state index < -0.39 is 0 Å². The van der Waals surface area contributed by atoms with Gasteiger partial charge in [-0.15, -0.1) is 10.2 Å². The van der Waals surface area contributed by atoms with Crippen molar-refractivity contribution in [3.05, 3.63) is 30.1 Å². The number of anilines is 2. The van der Waals surface area contributed by atoms with Gasteiger partial charge >= 0.3 is 0 Å². The first-order chi connectivity index (χ1) is 13.1. The summed E-state index contributed by atoms with van der Waals surface area (Å²) in [6.45, 7) is 4.08. The number of rotatable bonds is 6. The number of nitrogens with one attached hydrogen (secondary N) is 1. The molecule has 1 saturated carbocycles. The van der Waals surface area contributed by atoms with Crippen molar-refractivity contribution in [1.29, 1.82) is 0 Å². The molecule has 1 aromatic heterocycles. The van der Waals surface area contributed by atoms with Gasteiger partial charge in [0.2, 0.25) is 11.1 Å². The van der Waals surface area contributed by atoms with Crippen LogP contribution in [0.3, 0.4) is 0 Å². The van der Waals surface area contributed by atoms with Crippen molar-refractivity contribution >= 4 is 29.0 Å². The first-order valence-corrected chi connectivity index (χ1v) is 10.5. The molecule has 4 rings (SSSR count). The van der Waals surface area contributed by atoms with E-state index in [1.807, 2.05) is 19.1 Å². The van der Waals surface area contributed by atoms with Crippen molar-refractivity contribution in [3.8, 4) is 0 Å². The van der Waals surface area contributed by atoms with E-state index in [0.717, 1.165) is 37.4 Å². The lowest BCUT2D eigenvalue weighted by Gasteiger charge is -2.28. The number of aromatic nitrogens is 3. The van der Waals surface area contributed by atoms with Crippen LogP contribution in [0.5, 0.6) is 0 Å². The second kappa shape index (κ2) is 7.80. The van der Waals surface area contributed by atoms with Crippen molar-refractivity contribution in [2.45, 2.75) is 55.4 Å². The van der Waals surface area contributed by atoms with Crippen molar-refractivity contribution in [2.75, 3.05) is 29.1 Å². The molecule has 144 valence electrons. The minimum absolute atomic E-state index is 0.0679. The summed E-state index contributed by atoms with van der Waals surface area (Å²) in [4.78, 5) is 14.9. The van der Waals surface area contributed by atoms with E-state index in [9.17, 15) is 4.79 Å². The fourth-order valence-electron chi connectivity index (χ4n) is 3.35. The largest absolute Gasteiger partial charge is 0.372 e. The van der Waals surface area contributed by atoms with Crippen LogP contribution in [0, 0.1) is 0 Å². The molecular formula is C19H26N6OS. The summed E-state index contributed by atoms with van der Waals surface area (Å²) in [5.41, 5.74) is 2.03. The molecule has 2 fully saturated rings. The number of nitrogen functional groups attached to an aromatic ring is 1. The van der Waals surface area contributed by atoms with Gasteiger partial charge in [-0.2, -0.15) is 0 Å².